The van der Waals surface area contributed by atoms with Crippen molar-refractivity contribution in [1.82, 2.24) is 0 Å². The normalized spacial score (nSPS) is 15.1. The fourth-order valence-electron chi connectivity index (χ4n) is 5.01. The van der Waals surface area contributed by atoms with Crippen LogP contribution in [0.5, 0.6) is 0 Å². The van der Waals surface area contributed by atoms with Crippen LogP contribution >= 0.6 is 7.26 Å². The quantitative estimate of drug-likeness (QED) is 0.286. The van der Waals surface area contributed by atoms with Gasteiger partial charge < -0.3 is 0 Å². The van der Waals surface area contributed by atoms with Crippen LogP contribution in [0.3, 0.4) is 0 Å². The Hall–Kier alpha value is -2.63. The van der Waals surface area contributed by atoms with E-state index in [2.05, 4.69) is 111 Å². The number of ether oxygens (including phenoxy) is 1. The minimum absolute atomic E-state index is 0.657. The van der Waals surface area contributed by atoms with Crippen LogP contribution in [-0.2, 0) is 4.74 Å². The van der Waals surface area contributed by atoms with Crippen molar-refractivity contribution in [2.24, 2.45) is 0 Å². The molecular weight excluding hydrogens is 407 g/mol. The first kappa shape index (κ1) is 22.6. The molecule has 0 N–H and O–H groups in total. The average molecular weight is 443 g/mol. The Bertz CT molecular complexity index is 951. The number of hydrogen-bond donors (Lipinski definition) is 0. The molecule has 1 aliphatic rings. The van der Waals surface area contributed by atoms with E-state index < -0.39 is 7.26 Å². The zero-order chi connectivity index (χ0) is 22.2. The van der Waals surface area contributed by atoms with Crippen molar-refractivity contribution in [2.75, 3.05) is 6.61 Å². The monoisotopic (exact) mass is 442 g/mol. The van der Waals surface area contributed by atoms with Gasteiger partial charge in [0.1, 0.15) is 0 Å². The molecule has 0 saturated carbocycles. The van der Waals surface area contributed by atoms with E-state index >= 15 is 0 Å². The van der Waals surface area contributed by atoms with Crippen LogP contribution in [0.1, 0.15) is 46.0 Å². The van der Waals surface area contributed by atoms with Gasteiger partial charge >= 0.3 is 194 Å². The summed E-state index contributed by atoms with van der Waals surface area (Å²) in [7, 11) is -2.46. The molecule has 0 saturated heterocycles. The molecule has 0 aromatic heterocycles. The number of hydrogen-bond acceptors (Lipinski definition) is 1. The van der Waals surface area contributed by atoms with E-state index in [-0.39, 0.29) is 0 Å². The third-order valence-electron chi connectivity index (χ3n) is 6.49. The predicted octanol–water partition coefficient (Wildman–Crippen LogP) is 6.87. The van der Waals surface area contributed by atoms with Gasteiger partial charge in [-0.05, 0) is 0 Å². The Kier molecular flexibility index (Phi) is 7.61. The van der Waals surface area contributed by atoms with Crippen molar-refractivity contribution >= 4 is 23.2 Å². The minimum atomic E-state index is -2.46. The molecule has 0 fully saturated rings. The zero-order valence-electron chi connectivity index (χ0n) is 19.4. The van der Waals surface area contributed by atoms with Crippen LogP contribution in [0.25, 0.3) is 0 Å². The summed E-state index contributed by atoms with van der Waals surface area (Å²) < 4.78 is 6.59. The van der Waals surface area contributed by atoms with Crippen molar-refractivity contribution in [3.8, 4) is 0 Å². The fraction of sp³-hybridized carbons (Fsp3) is 0.267. The maximum absolute atomic E-state index is 6.59. The van der Waals surface area contributed by atoms with Crippen LogP contribution < -0.4 is 15.9 Å². The molecule has 0 radical (unpaired) electrons. The van der Waals surface area contributed by atoms with Crippen molar-refractivity contribution < 1.29 is 4.74 Å². The van der Waals surface area contributed by atoms with Crippen molar-refractivity contribution in [2.45, 2.75) is 46.0 Å². The first-order chi connectivity index (χ1) is 15.7. The van der Waals surface area contributed by atoms with Gasteiger partial charge in [-0.3, -0.25) is 0 Å². The SMILES string of the molecule is CC(C)=CCOC1=C([PH](c2ccccc2)(c2ccccc2)c2ccccc2)CCCCC1. The zero-order valence-corrected chi connectivity index (χ0v) is 20.4. The van der Waals surface area contributed by atoms with E-state index in [0.29, 0.717) is 6.61 Å². The molecular formula is C30H35OP. The molecule has 3 aromatic rings. The Morgan fingerprint density at radius 3 is 1.62 bits per heavy atom. The maximum atomic E-state index is 6.59. The Balaban J connectivity index is 2.03. The second-order valence-electron chi connectivity index (χ2n) is 8.90. The Morgan fingerprint density at radius 1 is 0.688 bits per heavy atom. The van der Waals surface area contributed by atoms with Gasteiger partial charge in [0.2, 0.25) is 0 Å². The van der Waals surface area contributed by atoms with E-state index in [1.54, 1.807) is 5.31 Å². The van der Waals surface area contributed by atoms with Gasteiger partial charge in [0.25, 0.3) is 0 Å². The third kappa shape index (κ3) is 4.74. The van der Waals surface area contributed by atoms with Crippen LogP contribution in [0.2, 0.25) is 0 Å². The summed E-state index contributed by atoms with van der Waals surface area (Å²) >= 11 is 0. The number of rotatable bonds is 7. The summed E-state index contributed by atoms with van der Waals surface area (Å²) in [5, 5.41) is 5.88. The molecule has 166 valence electrons. The molecule has 0 aliphatic heterocycles. The van der Waals surface area contributed by atoms with E-state index in [1.165, 1.54) is 46.5 Å². The van der Waals surface area contributed by atoms with Gasteiger partial charge in [0.15, 0.2) is 0 Å². The van der Waals surface area contributed by atoms with Crippen molar-refractivity contribution in [3.05, 3.63) is 114 Å². The molecule has 4 rings (SSSR count). The topological polar surface area (TPSA) is 9.23 Å². The molecule has 0 bridgehead atoms. The van der Waals surface area contributed by atoms with E-state index in [4.69, 9.17) is 4.74 Å². The van der Waals surface area contributed by atoms with Crippen molar-refractivity contribution in [3.63, 3.8) is 0 Å². The summed E-state index contributed by atoms with van der Waals surface area (Å²) in [6, 6.07) is 33.7. The summed E-state index contributed by atoms with van der Waals surface area (Å²) in [4.78, 5) is 0. The van der Waals surface area contributed by atoms with Gasteiger partial charge in [0.05, 0.1) is 0 Å². The second-order valence-corrected chi connectivity index (χ2v) is 12.7. The predicted molar refractivity (Wildman–Crippen MR) is 142 cm³/mol. The van der Waals surface area contributed by atoms with Gasteiger partial charge in [-0.1, -0.05) is 0 Å². The molecule has 32 heavy (non-hydrogen) atoms. The van der Waals surface area contributed by atoms with Gasteiger partial charge in [-0.2, -0.15) is 0 Å². The summed E-state index contributed by atoms with van der Waals surface area (Å²) in [6.07, 6.45) is 8.04. The molecule has 2 heteroatoms. The summed E-state index contributed by atoms with van der Waals surface area (Å²) in [5.74, 6) is 1.24. The fourth-order valence-corrected chi connectivity index (χ4v) is 10.3. The first-order valence-corrected chi connectivity index (χ1v) is 13.9. The van der Waals surface area contributed by atoms with Crippen LogP contribution in [0.15, 0.2) is 114 Å². The number of benzene rings is 3. The number of allylic oxidation sites excluding steroid dienone is 3. The molecule has 0 unspecified atom stereocenters. The van der Waals surface area contributed by atoms with Gasteiger partial charge in [0, 0.05) is 0 Å². The van der Waals surface area contributed by atoms with E-state index in [9.17, 15) is 0 Å². The standard InChI is InChI=1S/C30H35OP/c1-25(2)23-24-31-29-21-13-6-14-22-30(29)32(26-15-7-3-8-16-26,27-17-9-4-10-18-27)28-19-11-5-12-20-28/h3-5,7-12,15-20,23,32H,6,13-14,21-22,24H2,1-2H3. The van der Waals surface area contributed by atoms with Crippen LogP contribution in [-0.4, -0.2) is 6.61 Å². The first-order valence-electron chi connectivity index (χ1n) is 11.9. The molecule has 0 amide bonds. The average Bonchev–Trinajstić information content (AvgIpc) is 3.08. The van der Waals surface area contributed by atoms with Gasteiger partial charge in [-0.15, -0.1) is 0 Å². The molecule has 1 aliphatic carbocycles. The van der Waals surface area contributed by atoms with Gasteiger partial charge in [-0.25, -0.2) is 0 Å². The van der Waals surface area contributed by atoms with E-state index in [1.807, 2.05) is 0 Å². The molecule has 0 spiro atoms. The second kappa shape index (κ2) is 10.8. The molecule has 0 heterocycles. The third-order valence-corrected chi connectivity index (χ3v) is 11.5. The van der Waals surface area contributed by atoms with E-state index in [0.717, 1.165) is 12.8 Å². The van der Waals surface area contributed by atoms with Crippen LogP contribution in [0, 0.1) is 0 Å². The van der Waals surface area contributed by atoms with Crippen molar-refractivity contribution in [1.29, 1.82) is 0 Å². The Morgan fingerprint density at radius 2 is 1.16 bits per heavy atom. The molecule has 3 aromatic carbocycles. The molecule has 1 nitrogen and oxygen atoms in total. The van der Waals surface area contributed by atoms with Crippen LogP contribution in [0.4, 0.5) is 0 Å². The summed E-state index contributed by atoms with van der Waals surface area (Å²) in [5.41, 5.74) is 1.30. The molecule has 0 atom stereocenters. The summed E-state index contributed by atoms with van der Waals surface area (Å²) in [6.45, 7) is 4.94. The Labute approximate surface area is 194 Å².